The number of halogens is 1. The summed E-state index contributed by atoms with van der Waals surface area (Å²) in [4.78, 5) is 4.71. The Kier molecular flexibility index (Phi) is 5.86. The monoisotopic (exact) mass is 404 g/mol. The average molecular weight is 405 g/mol. The van der Waals surface area contributed by atoms with Crippen LogP contribution in [0.5, 0.6) is 5.75 Å². The average Bonchev–Trinajstić information content (AvgIpc) is 3.20. The highest BCUT2D eigenvalue weighted by Gasteiger charge is 2.07. The quantitative estimate of drug-likeness (QED) is 0.356. The minimum Gasteiger partial charge on any atom is -0.491 e. The summed E-state index contributed by atoms with van der Waals surface area (Å²) in [5.74, 6) is 0.648. The molecule has 3 aromatic carbocycles. The molecule has 5 heteroatoms. The van der Waals surface area contributed by atoms with E-state index in [-0.39, 0.29) is 6.61 Å². The molecule has 4 rings (SSSR count). The standard InChI is InChI=1S/C24H21FN2OS/c1-26-20-10-6-18(7-11-20)3-2-17-4-8-19(9-5-17)24-27-22-16-21(28-15-14-25)12-13-23(22)29-24/h2-13,16,26H,14-15H2,1H3/b3-2+. The maximum Gasteiger partial charge on any atom is 0.124 e. The van der Waals surface area contributed by atoms with E-state index in [1.54, 1.807) is 11.3 Å². The van der Waals surface area contributed by atoms with Gasteiger partial charge in [-0.05, 0) is 35.4 Å². The first-order chi connectivity index (χ1) is 14.2. The summed E-state index contributed by atoms with van der Waals surface area (Å²) in [6, 6.07) is 22.3. The number of fused-ring (bicyclic) bond motifs is 1. The van der Waals surface area contributed by atoms with Crippen molar-refractivity contribution < 1.29 is 9.13 Å². The van der Waals surface area contributed by atoms with Crippen molar-refractivity contribution in [1.29, 1.82) is 0 Å². The molecule has 0 radical (unpaired) electrons. The molecule has 0 fully saturated rings. The van der Waals surface area contributed by atoms with Crippen molar-refractivity contribution >= 4 is 39.4 Å². The first-order valence-electron chi connectivity index (χ1n) is 9.41. The molecule has 4 aromatic rings. The van der Waals surface area contributed by atoms with Crippen molar-refractivity contribution in [1.82, 2.24) is 4.98 Å². The summed E-state index contributed by atoms with van der Waals surface area (Å²) >= 11 is 1.64. The highest BCUT2D eigenvalue weighted by atomic mass is 32.1. The minimum absolute atomic E-state index is 0.0666. The van der Waals surface area contributed by atoms with E-state index in [0.717, 1.165) is 37.6 Å². The maximum absolute atomic E-state index is 12.3. The smallest absolute Gasteiger partial charge is 0.124 e. The van der Waals surface area contributed by atoms with Crippen LogP contribution in [0.3, 0.4) is 0 Å². The Morgan fingerprint density at radius 3 is 2.31 bits per heavy atom. The second-order valence-electron chi connectivity index (χ2n) is 6.51. The van der Waals surface area contributed by atoms with Crippen LogP contribution < -0.4 is 10.1 Å². The summed E-state index contributed by atoms with van der Waals surface area (Å²) < 4.78 is 18.7. The zero-order valence-electron chi connectivity index (χ0n) is 16.1. The third kappa shape index (κ3) is 4.63. The molecule has 3 nitrogen and oxygen atoms in total. The molecule has 1 aromatic heterocycles. The van der Waals surface area contributed by atoms with Crippen molar-refractivity contribution in [2.24, 2.45) is 0 Å². The maximum atomic E-state index is 12.3. The molecule has 0 amide bonds. The minimum atomic E-state index is -0.498. The molecule has 146 valence electrons. The molecule has 29 heavy (non-hydrogen) atoms. The molecule has 1 N–H and O–H groups in total. The van der Waals surface area contributed by atoms with Crippen LogP contribution in [0, 0.1) is 0 Å². The highest BCUT2D eigenvalue weighted by Crippen LogP contribution is 2.32. The molecule has 0 bridgehead atoms. The van der Waals surface area contributed by atoms with Crippen molar-refractivity contribution in [2.75, 3.05) is 25.6 Å². The summed E-state index contributed by atoms with van der Waals surface area (Å²) in [5.41, 5.74) is 5.34. The number of rotatable bonds is 7. The summed E-state index contributed by atoms with van der Waals surface area (Å²) in [6.45, 7) is -0.431. The van der Waals surface area contributed by atoms with Crippen LogP contribution in [0.15, 0.2) is 66.7 Å². The second kappa shape index (κ2) is 8.88. The molecule has 0 atom stereocenters. The van der Waals surface area contributed by atoms with Gasteiger partial charge in [0.25, 0.3) is 0 Å². The lowest BCUT2D eigenvalue weighted by atomic mass is 10.1. The number of thiazole rings is 1. The van der Waals surface area contributed by atoms with E-state index in [0.29, 0.717) is 5.75 Å². The van der Waals surface area contributed by atoms with Crippen LogP contribution in [-0.2, 0) is 0 Å². The van der Waals surface area contributed by atoms with Gasteiger partial charge in [0.05, 0.1) is 10.2 Å². The SMILES string of the molecule is CNc1ccc(/C=C/c2ccc(-c3nc4cc(OCCF)ccc4s3)cc2)cc1. The van der Waals surface area contributed by atoms with Crippen molar-refractivity contribution in [3.8, 4) is 16.3 Å². The predicted molar refractivity (Wildman–Crippen MR) is 121 cm³/mol. The highest BCUT2D eigenvalue weighted by molar-refractivity contribution is 7.21. The number of alkyl halides is 1. The van der Waals surface area contributed by atoms with E-state index in [1.807, 2.05) is 25.2 Å². The van der Waals surface area contributed by atoms with E-state index >= 15 is 0 Å². The van der Waals surface area contributed by atoms with E-state index in [9.17, 15) is 4.39 Å². The number of nitrogens with zero attached hydrogens (tertiary/aromatic N) is 1. The number of benzene rings is 3. The van der Waals surface area contributed by atoms with Gasteiger partial charge in [0, 0.05) is 24.4 Å². The van der Waals surface area contributed by atoms with Gasteiger partial charge in [-0.1, -0.05) is 48.6 Å². The van der Waals surface area contributed by atoms with Crippen LogP contribution in [0.2, 0.25) is 0 Å². The fraction of sp³-hybridized carbons (Fsp3) is 0.125. The summed E-state index contributed by atoms with van der Waals surface area (Å²) in [7, 11) is 1.91. The van der Waals surface area contributed by atoms with Gasteiger partial charge < -0.3 is 10.1 Å². The first-order valence-corrected chi connectivity index (χ1v) is 10.2. The lowest BCUT2D eigenvalue weighted by Crippen LogP contribution is -1.97. The summed E-state index contributed by atoms with van der Waals surface area (Å²) in [5, 5.41) is 4.08. The number of anilines is 1. The van der Waals surface area contributed by atoms with Gasteiger partial charge in [-0.3, -0.25) is 0 Å². The van der Waals surface area contributed by atoms with Crippen molar-refractivity contribution in [3.63, 3.8) is 0 Å². The lowest BCUT2D eigenvalue weighted by molar-refractivity contribution is 0.273. The van der Waals surface area contributed by atoms with E-state index in [2.05, 4.69) is 66.0 Å². The normalized spacial score (nSPS) is 11.2. The Labute approximate surface area is 173 Å². The van der Waals surface area contributed by atoms with Gasteiger partial charge >= 0.3 is 0 Å². The number of hydrogen-bond acceptors (Lipinski definition) is 4. The fourth-order valence-corrected chi connectivity index (χ4v) is 3.92. The summed E-state index contributed by atoms with van der Waals surface area (Å²) in [6.07, 6.45) is 4.20. The van der Waals surface area contributed by atoms with Crippen LogP contribution in [-0.4, -0.2) is 25.3 Å². The third-order valence-corrected chi connectivity index (χ3v) is 5.62. The molecule has 0 aliphatic heterocycles. The van der Waals surface area contributed by atoms with Gasteiger partial charge in [0.15, 0.2) is 0 Å². The number of nitrogens with one attached hydrogen (secondary N) is 1. The fourth-order valence-electron chi connectivity index (χ4n) is 2.97. The molecular formula is C24H21FN2OS. The zero-order chi connectivity index (χ0) is 20.1. The van der Waals surface area contributed by atoms with Crippen molar-refractivity contribution in [2.45, 2.75) is 0 Å². The number of hydrogen-bond donors (Lipinski definition) is 1. The molecular weight excluding hydrogens is 383 g/mol. The Morgan fingerprint density at radius 1 is 0.966 bits per heavy atom. The zero-order valence-corrected chi connectivity index (χ0v) is 16.9. The molecule has 1 heterocycles. The molecule has 0 aliphatic carbocycles. The van der Waals surface area contributed by atoms with Gasteiger partial charge in [-0.15, -0.1) is 11.3 Å². The van der Waals surface area contributed by atoms with Crippen molar-refractivity contribution in [3.05, 3.63) is 77.9 Å². The Balaban J connectivity index is 1.50. The Bertz CT molecular complexity index is 1120. The predicted octanol–water partition coefficient (Wildman–Crippen LogP) is 6.52. The van der Waals surface area contributed by atoms with E-state index < -0.39 is 6.67 Å². The number of ether oxygens (including phenoxy) is 1. The second-order valence-corrected chi connectivity index (χ2v) is 7.54. The molecule has 0 saturated heterocycles. The molecule has 0 unspecified atom stereocenters. The van der Waals surface area contributed by atoms with Crippen LogP contribution in [0.4, 0.5) is 10.1 Å². The first kappa shape index (κ1) is 19.2. The lowest BCUT2D eigenvalue weighted by Gasteiger charge is -2.01. The molecule has 0 saturated carbocycles. The molecule has 0 aliphatic rings. The largest absolute Gasteiger partial charge is 0.491 e. The van der Waals surface area contributed by atoms with Gasteiger partial charge in [0.2, 0.25) is 0 Å². The van der Waals surface area contributed by atoms with Crippen LogP contribution >= 0.6 is 11.3 Å². The van der Waals surface area contributed by atoms with Crippen LogP contribution in [0.25, 0.3) is 32.9 Å². The van der Waals surface area contributed by atoms with Gasteiger partial charge in [0.1, 0.15) is 24.0 Å². The third-order valence-electron chi connectivity index (χ3n) is 4.53. The Hall–Kier alpha value is -3.18. The topological polar surface area (TPSA) is 34.2 Å². The number of aromatic nitrogens is 1. The van der Waals surface area contributed by atoms with Gasteiger partial charge in [-0.2, -0.15) is 0 Å². The molecule has 0 spiro atoms. The van der Waals surface area contributed by atoms with E-state index in [4.69, 9.17) is 9.72 Å². The van der Waals surface area contributed by atoms with E-state index in [1.165, 1.54) is 0 Å². The van der Waals surface area contributed by atoms with Crippen LogP contribution in [0.1, 0.15) is 11.1 Å². The van der Waals surface area contributed by atoms with Gasteiger partial charge in [-0.25, -0.2) is 9.37 Å². The Morgan fingerprint density at radius 2 is 1.66 bits per heavy atom.